The summed E-state index contributed by atoms with van der Waals surface area (Å²) in [5.41, 5.74) is 2.99. The van der Waals surface area contributed by atoms with Gasteiger partial charge in [0.2, 0.25) is 0 Å². The van der Waals surface area contributed by atoms with Gasteiger partial charge in [-0.15, -0.1) is 0 Å². The summed E-state index contributed by atoms with van der Waals surface area (Å²) in [5.74, 6) is 0.689. The third kappa shape index (κ3) is 6.70. The lowest BCUT2D eigenvalue weighted by molar-refractivity contribution is 0.0932. The first-order valence-electron chi connectivity index (χ1n) is 11.2. The van der Waals surface area contributed by atoms with Gasteiger partial charge in [-0.05, 0) is 55.0 Å². The highest BCUT2D eigenvalue weighted by molar-refractivity contribution is 6.30. The van der Waals surface area contributed by atoms with Crippen molar-refractivity contribution in [2.45, 2.75) is 19.6 Å². The fourth-order valence-corrected chi connectivity index (χ4v) is 4.11. The summed E-state index contributed by atoms with van der Waals surface area (Å²) in [6.07, 6.45) is 3.07. The molecule has 7 heteroatoms. The molecule has 4 rings (SSSR count). The number of aromatic nitrogens is 1. The Hall–Kier alpha value is -3.09. The predicted molar refractivity (Wildman–Crippen MR) is 132 cm³/mol. The van der Waals surface area contributed by atoms with E-state index < -0.39 is 0 Å². The van der Waals surface area contributed by atoms with Crippen LogP contribution in [0.4, 0.5) is 5.69 Å². The maximum Gasteiger partial charge on any atom is 0.251 e. The Bertz CT molecular complexity index is 1050. The van der Waals surface area contributed by atoms with E-state index in [1.165, 1.54) is 11.3 Å². The van der Waals surface area contributed by atoms with Crippen LogP contribution in [0.25, 0.3) is 0 Å². The Morgan fingerprint density at radius 2 is 1.82 bits per heavy atom. The number of piperazine rings is 1. The zero-order valence-corrected chi connectivity index (χ0v) is 19.5. The topological polar surface area (TPSA) is 57.7 Å². The zero-order valence-electron chi connectivity index (χ0n) is 18.8. The van der Waals surface area contributed by atoms with Crippen LogP contribution >= 0.6 is 11.6 Å². The van der Waals surface area contributed by atoms with Gasteiger partial charge in [-0.1, -0.05) is 29.8 Å². The minimum absolute atomic E-state index is 0.126. The van der Waals surface area contributed by atoms with Crippen LogP contribution in [-0.4, -0.2) is 54.6 Å². The lowest BCUT2D eigenvalue weighted by Gasteiger charge is -2.36. The van der Waals surface area contributed by atoms with Gasteiger partial charge >= 0.3 is 0 Å². The van der Waals surface area contributed by atoms with Crippen molar-refractivity contribution in [3.63, 3.8) is 0 Å². The number of benzene rings is 2. The molecule has 3 aromatic rings. The molecule has 1 amide bonds. The molecular formula is C26H29ClN4O2. The van der Waals surface area contributed by atoms with Gasteiger partial charge in [-0.3, -0.25) is 14.7 Å². The molecule has 1 aromatic heterocycles. The van der Waals surface area contributed by atoms with Crippen LogP contribution in [0, 0.1) is 0 Å². The van der Waals surface area contributed by atoms with Gasteiger partial charge < -0.3 is 15.0 Å². The second-order valence-electron chi connectivity index (χ2n) is 8.26. The summed E-state index contributed by atoms with van der Waals surface area (Å²) in [6.45, 7) is 7.21. The van der Waals surface area contributed by atoms with Crippen LogP contribution in [0.15, 0.2) is 73.1 Å². The molecule has 6 nitrogen and oxygen atoms in total. The number of rotatable bonds is 8. The number of carbonyl (C=O) groups is 1. The van der Waals surface area contributed by atoms with Crippen molar-refractivity contribution in [3.8, 4) is 5.75 Å². The number of nitrogens with zero attached hydrogens (tertiary/aromatic N) is 3. The van der Waals surface area contributed by atoms with Crippen molar-refractivity contribution in [2.75, 3.05) is 37.6 Å². The minimum Gasteiger partial charge on any atom is -0.489 e. The van der Waals surface area contributed by atoms with Crippen molar-refractivity contribution < 1.29 is 9.53 Å². The fourth-order valence-electron chi connectivity index (χ4n) is 3.93. The van der Waals surface area contributed by atoms with E-state index in [9.17, 15) is 4.79 Å². The molecule has 33 heavy (non-hydrogen) atoms. The van der Waals surface area contributed by atoms with Crippen molar-refractivity contribution in [1.29, 1.82) is 0 Å². The van der Waals surface area contributed by atoms with Crippen molar-refractivity contribution in [3.05, 3.63) is 89.2 Å². The Balaban J connectivity index is 1.24. The Morgan fingerprint density at radius 3 is 2.58 bits per heavy atom. The Labute approximate surface area is 200 Å². The molecule has 1 aliphatic rings. The molecule has 1 aliphatic heterocycles. The number of carbonyl (C=O) groups excluding carboxylic acids is 1. The predicted octanol–water partition coefficient (Wildman–Crippen LogP) is 4.25. The molecule has 0 aliphatic carbocycles. The van der Waals surface area contributed by atoms with Gasteiger partial charge in [0.05, 0.1) is 6.54 Å². The van der Waals surface area contributed by atoms with E-state index in [-0.39, 0.29) is 12.0 Å². The highest BCUT2D eigenvalue weighted by atomic mass is 35.5. The van der Waals surface area contributed by atoms with E-state index in [0.717, 1.165) is 43.5 Å². The number of amides is 1. The maximum absolute atomic E-state index is 12.2. The van der Waals surface area contributed by atoms with Crippen molar-refractivity contribution in [2.24, 2.45) is 0 Å². The minimum atomic E-state index is -0.146. The van der Waals surface area contributed by atoms with E-state index in [1.807, 2.05) is 37.3 Å². The molecular weight excluding hydrogens is 436 g/mol. The van der Waals surface area contributed by atoms with E-state index in [4.69, 9.17) is 16.3 Å². The molecule has 0 bridgehead atoms. The second-order valence-corrected chi connectivity index (χ2v) is 8.70. The summed E-state index contributed by atoms with van der Waals surface area (Å²) in [4.78, 5) is 21.0. The summed E-state index contributed by atoms with van der Waals surface area (Å²) in [7, 11) is 0. The van der Waals surface area contributed by atoms with E-state index >= 15 is 0 Å². The van der Waals surface area contributed by atoms with Gasteiger partial charge in [0.1, 0.15) is 11.9 Å². The monoisotopic (exact) mass is 464 g/mol. The van der Waals surface area contributed by atoms with Crippen LogP contribution in [0.2, 0.25) is 5.02 Å². The number of nitrogens with one attached hydrogen (secondary N) is 1. The molecule has 0 saturated carbocycles. The lowest BCUT2D eigenvalue weighted by Crippen LogP contribution is -2.45. The number of ether oxygens (including phenoxy) is 1. The highest BCUT2D eigenvalue weighted by Gasteiger charge is 2.18. The average molecular weight is 465 g/mol. The van der Waals surface area contributed by atoms with Gasteiger partial charge in [0.15, 0.2) is 0 Å². The molecule has 1 fully saturated rings. The first kappa shape index (κ1) is 23.1. The highest BCUT2D eigenvalue weighted by Crippen LogP contribution is 2.22. The number of pyridine rings is 1. The Kier molecular flexibility index (Phi) is 7.81. The first-order chi connectivity index (χ1) is 16.1. The third-order valence-electron chi connectivity index (χ3n) is 5.68. The summed E-state index contributed by atoms with van der Waals surface area (Å²) < 4.78 is 6.05. The van der Waals surface area contributed by atoms with Crippen LogP contribution in [0.5, 0.6) is 5.75 Å². The first-order valence-corrected chi connectivity index (χ1v) is 11.6. The van der Waals surface area contributed by atoms with Crippen molar-refractivity contribution >= 4 is 23.2 Å². The molecule has 2 aromatic carbocycles. The number of anilines is 1. The lowest BCUT2D eigenvalue weighted by atomic mass is 10.1. The molecule has 2 heterocycles. The molecule has 172 valence electrons. The molecule has 1 saturated heterocycles. The largest absolute Gasteiger partial charge is 0.489 e. The van der Waals surface area contributed by atoms with Crippen LogP contribution in [0.3, 0.4) is 0 Å². The molecule has 1 unspecified atom stereocenters. The van der Waals surface area contributed by atoms with E-state index in [0.29, 0.717) is 12.1 Å². The van der Waals surface area contributed by atoms with Crippen LogP contribution < -0.4 is 15.0 Å². The quantitative estimate of drug-likeness (QED) is 0.540. The van der Waals surface area contributed by atoms with Crippen LogP contribution in [0.1, 0.15) is 22.8 Å². The Morgan fingerprint density at radius 1 is 1.06 bits per heavy atom. The molecule has 0 spiro atoms. The van der Waals surface area contributed by atoms with Gasteiger partial charge in [0, 0.05) is 61.4 Å². The number of hydrogen-bond donors (Lipinski definition) is 1. The molecule has 0 radical (unpaired) electrons. The second kappa shape index (κ2) is 11.2. The zero-order chi connectivity index (χ0) is 23.0. The summed E-state index contributed by atoms with van der Waals surface area (Å²) >= 11 is 6.14. The summed E-state index contributed by atoms with van der Waals surface area (Å²) in [5, 5.41) is 3.68. The van der Waals surface area contributed by atoms with Gasteiger partial charge in [-0.2, -0.15) is 0 Å². The van der Waals surface area contributed by atoms with Crippen molar-refractivity contribution in [1.82, 2.24) is 15.2 Å². The standard InChI is InChI=1S/C26H29ClN4O2/c1-20(18-29-26(32)22-8-10-28-11-9-22)33-25-7-2-4-21(16-25)19-30-12-14-31(15-13-30)24-6-3-5-23(27)17-24/h2-11,16-17,20H,12-15,18-19H2,1H3,(H,29,32). The van der Waals surface area contributed by atoms with Gasteiger partial charge in [-0.25, -0.2) is 0 Å². The van der Waals surface area contributed by atoms with Crippen LogP contribution in [-0.2, 0) is 6.54 Å². The van der Waals surface area contributed by atoms with E-state index in [1.54, 1.807) is 24.5 Å². The average Bonchev–Trinajstić information content (AvgIpc) is 2.84. The van der Waals surface area contributed by atoms with E-state index in [2.05, 4.69) is 38.3 Å². The third-order valence-corrected chi connectivity index (χ3v) is 5.92. The number of hydrogen-bond acceptors (Lipinski definition) is 5. The maximum atomic E-state index is 12.2. The number of halogens is 1. The molecule has 1 atom stereocenters. The fraction of sp³-hybridized carbons (Fsp3) is 0.308. The molecule has 1 N–H and O–H groups in total. The normalized spacial score (nSPS) is 15.2. The smallest absolute Gasteiger partial charge is 0.251 e. The summed E-state index contributed by atoms with van der Waals surface area (Å²) in [6, 6.07) is 19.6. The van der Waals surface area contributed by atoms with Gasteiger partial charge in [0.25, 0.3) is 5.91 Å². The SMILES string of the molecule is CC(CNC(=O)c1ccncc1)Oc1cccc(CN2CCN(c3cccc(Cl)c3)CC2)c1.